The van der Waals surface area contributed by atoms with Gasteiger partial charge >= 0.3 is 5.97 Å². The van der Waals surface area contributed by atoms with Crippen LogP contribution >= 0.6 is 11.8 Å². The molecule has 30 heavy (non-hydrogen) atoms. The van der Waals surface area contributed by atoms with Gasteiger partial charge in [0.1, 0.15) is 6.10 Å². The number of ether oxygens (including phenoxy) is 1. The fraction of sp³-hybridized carbons (Fsp3) is 0.200. The number of hydrogen-bond donors (Lipinski definition) is 1. The van der Waals surface area contributed by atoms with Crippen LogP contribution in [0.25, 0.3) is 0 Å². The van der Waals surface area contributed by atoms with Crippen molar-refractivity contribution in [1.29, 1.82) is 0 Å². The Kier molecular flexibility index (Phi) is 6.50. The molecule has 0 bridgehead atoms. The molecule has 0 saturated heterocycles. The Labute approximate surface area is 180 Å². The van der Waals surface area contributed by atoms with Crippen molar-refractivity contribution in [3.05, 3.63) is 101 Å². The van der Waals surface area contributed by atoms with Gasteiger partial charge in [-0.2, -0.15) is 0 Å². The molecule has 1 N–H and O–H groups in total. The van der Waals surface area contributed by atoms with Gasteiger partial charge in [0.15, 0.2) is 0 Å². The van der Waals surface area contributed by atoms with Crippen molar-refractivity contribution in [2.24, 2.45) is 0 Å². The highest BCUT2D eigenvalue weighted by Gasteiger charge is 2.28. The van der Waals surface area contributed by atoms with Gasteiger partial charge in [0.25, 0.3) is 5.91 Å². The topological polar surface area (TPSA) is 55.4 Å². The van der Waals surface area contributed by atoms with E-state index in [1.54, 1.807) is 23.9 Å². The van der Waals surface area contributed by atoms with Gasteiger partial charge in [-0.3, -0.25) is 4.79 Å². The molecule has 0 radical (unpaired) electrons. The normalized spacial score (nSPS) is 15.2. The van der Waals surface area contributed by atoms with E-state index in [-0.39, 0.29) is 18.0 Å². The lowest BCUT2D eigenvalue weighted by atomic mass is 9.93. The quantitative estimate of drug-likeness (QED) is 0.332. The Hall–Kier alpha value is -3.05. The van der Waals surface area contributed by atoms with Gasteiger partial charge in [-0.15, -0.1) is 11.8 Å². The molecule has 3 aromatic rings. The summed E-state index contributed by atoms with van der Waals surface area (Å²) in [6.07, 6.45) is 1.14. The highest BCUT2D eigenvalue weighted by atomic mass is 32.2. The monoisotopic (exact) mass is 417 g/mol. The lowest BCUT2D eigenvalue weighted by Gasteiger charge is -2.25. The molecule has 4 rings (SSSR count). The molecule has 1 heterocycles. The summed E-state index contributed by atoms with van der Waals surface area (Å²) in [6.45, 7) is 0.616. The number of carbonyl (C=O) groups excluding carboxylic acids is 2. The summed E-state index contributed by atoms with van der Waals surface area (Å²) in [5.74, 6) is 0.492. The molecule has 1 aliphatic rings. The van der Waals surface area contributed by atoms with E-state index < -0.39 is 0 Å². The summed E-state index contributed by atoms with van der Waals surface area (Å²) in [6, 6.07) is 25.1. The molecule has 0 aromatic heterocycles. The predicted molar refractivity (Wildman–Crippen MR) is 119 cm³/mol. The van der Waals surface area contributed by atoms with E-state index in [4.69, 9.17) is 4.74 Å². The van der Waals surface area contributed by atoms with Crippen LogP contribution in [0, 0.1) is 0 Å². The van der Waals surface area contributed by atoms with Crippen molar-refractivity contribution in [3.63, 3.8) is 0 Å². The molecular formula is C25H23NO3S. The molecule has 0 spiro atoms. The van der Waals surface area contributed by atoms with E-state index >= 15 is 0 Å². The molecule has 1 amide bonds. The molecule has 4 nitrogen and oxygen atoms in total. The molecule has 5 heteroatoms. The Balaban J connectivity index is 1.34. The lowest BCUT2D eigenvalue weighted by molar-refractivity contribution is 0.0252. The zero-order chi connectivity index (χ0) is 20.8. The fourth-order valence-electron chi connectivity index (χ4n) is 3.47. The van der Waals surface area contributed by atoms with Crippen LogP contribution in [-0.2, 0) is 11.2 Å². The summed E-state index contributed by atoms with van der Waals surface area (Å²) in [5.41, 5.74) is 2.93. The van der Waals surface area contributed by atoms with Gasteiger partial charge in [-0.1, -0.05) is 48.5 Å². The van der Waals surface area contributed by atoms with Crippen molar-refractivity contribution in [3.8, 4) is 0 Å². The number of cyclic esters (lactones) is 1. The number of rotatable bonds is 7. The summed E-state index contributed by atoms with van der Waals surface area (Å²) < 4.78 is 5.59. The standard InChI is InChI=1S/C25H23NO3S/c27-24(26-14-7-15-30-21-10-5-2-6-11-21)19-12-13-22-20(16-19)17-23(29-25(22)28)18-8-3-1-4-9-18/h1-6,8-13,16,23H,7,14-15,17H2,(H,26,27)/t23-/m0/s1. The van der Waals surface area contributed by atoms with Crippen LogP contribution < -0.4 is 5.32 Å². The molecule has 1 aliphatic heterocycles. The third-order valence-corrected chi connectivity index (χ3v) is 6.13. The number of carbonyl (C=O) groups is 2. The summed E-state index contributed by atoms with van der Waals surface area (Å²) >= 11 is 1.78. The number of hydrogen-bond acceptors (Lipinski definition) is 4. The first-order valence-corrected chi connectivity index (χ1v) is 11.0. The molecule has 0 saturated carbocycles. The Morgan fingerprint density at radius 2 is 1.73 bits per heavy atom. The number of thioether (sulfide) groups is 1. The average Bonchev–Trinajstić information content (AvgIpc) is 2.79. The van der Waals surface area contributed by atoms with Crippen LogP contribution in [0.5, 0.6) is 0 Å². The zero-order valence-corrected chi connectivity index (χ0v) is 17.4. The highest BCUT2D eigenvalue weighted by molar-refractivity contribution is 7.99. The second-order valence-corrected chi connectivity index (χ2v) is 8.32. The maximum atomic E-state index is 12.6. The first-order valence-electron chi connectivity index (χ1n) is 10.1. The fourth-order valence-corrected chi connectivity index (χ4v) is 4.35. The Morgan fingerprint density at radius 1 is 1.00 bits per heavy atom. The number of fused-ring (bicyclic) bond motifs is 1. The van der Waals surface area contributed by atoms with Crippen LogP contribution in [0.15, 0.2) is 83.8 Å². The number of amides is 1. The first kappa shape index (κ1) is 20.2. The Morgan fingerprint density at radius 3 is 2.50 bits per heavy atom. The van der Waals surface area contributed by atoms with Crippen molar-refractivity contribution in [2.45, 2.75) is 23.8 Å². The third-order valence-electron chi connectivity index (χ3n) is 5.03. The Bertz CT molecular complexity index is 1020. The summed E-state index contributed by atoms with van der Waals surface area (Å²) in [4.78, 5) is 26.2. The highest BCUT2D eigenvalue weighted by Crippen LogP contribution is 2.31. The van der Waals surface area contributed by atoms with Gasteiger partial charge in [0, 0.05) is 23.4 Å². The van der Waals surface area contributed by atoms with Gasteiger partial charge in [0.05, 0.1) is 5.56 Å². The van der Waals surface area contributed by atoms with E-state index in [2.05, 4.69) is 17.4 Å². The molecule has 3 aromatic carbocycles. The molecule has 0 aliphatic carbocycles. The maximum Gasteiger partial charge on any atom is 0.339 e. The first-order chi connectivity index (χ1) is 14.7. The van der Waals surface area contributed by atoms with E-state index in [1.165, 1.54) is 4.90 Å². The minimum absolute atomic E-state index is 0.113. The van der Waals surface area contributed by atoms with E-state index in [9.17, 15) is 9.59 Å². The van der Waals surface area contributed by atoms with E-state index in [0.717, 1.165) is 23.3 Å². The zero-order valence-electron chi connectivity index (χ0n) is 16.5. The van der Waals surface area contributed by atoms with Gasteiger partial charge in [-0.25, -0.2) is 4.79 Å². The van der Waals surface area contributed by atoms with Crippen LogP contribution in [0.3, 0.4) is 0 Å². The minimum Gasteiger partial charge on any atom is -0.454 e. The molecular weight excluding hydrogens is 394 g/mol. The van der Waals surface area contributed by atoms with Crippen LogP contribution in [-0.4, -0.2) is 24.2 Å². The van der Waals surface area contributed by atoms with Crippen molar-refractivity contribution >= 4 is 23.6 Å². The summed E-state index contributed by atoms with van der Waals surface area (Å²) in [5, 5.41) is 2.98. The summed E-state index contributed by atoms with van der Waals surface area (Å²) in [7, 11) is 0. The predicted octanol–water partition coefficient (Wildman–Crippen LogP) is 5.05. The molecule has 0 unspecified atom stereocenters. The van der Waals surface area contributed by atoms with Crippen molar-refractivity contribution in [2.75, 3.05) is 12.3 Å². The molecule has 152 valence electrons. The van der Waals surface area contributed by atoms with Crippen LogP contribution in [0.1, 0.15) is 44.4 Å². The van der Waals surface area contributed by atoms with E-state index in [0.29, 0.717) is 24.1 Å². The molecule has 1 atom stereocenters. The second kappa shape index (κ2) is 9.63. The van der Waals surface area contributed by atoms with Gasteiger partial charge in [-0.05, 0) is 53.6 Å². The van der Waals surface area contributed by atoms with Gasteiger partial charge in [0.2, 0.25) is 0 Å². The van der Waals surface area contributed by atoms with Crippen LogP contribution in [0.2, 0.25) is 0 Å². The average molecular weight is 418 g/mol. The van der Waals surface area contributed by atoms with E-state index in [1.807, 2.05) is 54.6 Å². The lowest BCUT2D eigenvalue weighted by Crippen LogP contribution is -2.26. The number of nitrogens with one attached hydrogen (secondary N) is 1. The molecule has 0 fully saturated rings. The van der Waals surface area contributed by atoms with Crippen LogP contribution in [0.4, 0.5) is 0 Å². The SMILES string of the molecule is O=C(NCCCSc1ccccc1)c1ccc2c(c1)C[C@@H](c1ccccc1)OC2=O. The number of benzene rings is 3. The smallest absolute Gasteiger partial charge is 0.339 e. The van der Waals surface area contributed by atoms with Crippen molar-refractivity contribution in [1.82, 2.24) is 5.32 Å². The number of esters is 1. The van der Waals surface area contributed by atoms with Gasteiger partial charge < -0.3 is 10.1 Å². The third kappa shape index (κ3) is 4.92. The second-order valence-electron chi connectivity index (χ2n) is 7.15. The minimum atomic E-state index is -0.338. The van der Waals surface area contributed by atoms with Crippen molar-refractivity contribution < 1.29 is 14.3 Å². The maximum absolute atomic E-state index is 12.6. The largest absolute Gasteiger partial charge is 0.454 e.